The summed E-state index contributed by atoms with van der Waals surface area (Å²) in [6.45, 7) is 7.66. The number of hydrogen-bond acceptors (Lipinski definition) is 2. The first-order chi connectivity index (χ1) is 8.81. The zero-order chi connectivity index (χ0) is 14.1. The van der Waals surface area contributed by atoms with Crippen LogP contribution in [0.5, 0.6) is 0 Å². The number of sulfonamides is 1. The van der Waals surface area contributed by atoms with Crippen molar-refractivity contribution in [3.05, 3.63) is 29.8 Å². The van der Waals surface area contributed by atoms with Gasteiger partial charge < -0.3 is 0 Å². The lowest BCUT2D eigenvalue weighted by molar-refractivity contribution is 0.315. The van der Waals surface area contributed by atoms with Gasteiger partial charge >= 0.3 is 0 Å². The van der Waals surface area contributed by atoms with Gasteiger partial charge in [-0.05, 0) is 43.7 Å². The third-order valence-electron chi connectivity index (χ3n) is 3.96. The lowest BCUT2D eigenvalue weighted by Gasteiger charge is -2.23. The third kappa shape index (κ3) is 3.37. The molecule has 0 bridgehead atoms. The number of benzene rings is 1. The van der Waals surface area contributed by atoms with Crippen LogP contribution in [-0.4, -0.2) is 25.8 Å². The molecule has 0 spiro atoms. The van der Waals surface area contributed by atoms with Gasteiger partial charge in [0.1, 0.15) is 0 Å². The maximum Gasteiger partial charge on any atom is 0.243 e. The third-order valence-corrected chi connectivity index (χ3v) is 5.87. The summed E-state index contributed by atoms with van der Waals surface area (Å²) in [5.74, 6) is 0. The van der Waals surface area contributed by atoms with Crippen LogP contribution >= 0.6 is 0 Å². The van der Waals surface area contributed by atoms with Crippen LogP contribution in [0.25, 0.3) is 0 Å². The van der Waals surface area contributed by atoms with Crippen LogP contribution in [0, 0.1) is 12.3 Å². The molecule has 1 aliphatic rings. The molecule has 1 aliphatic heterocycles. The van der Waals surface area contributed by atoms with Crippen LogP contribution in [0.15, 0.2) is 29.2 Å². The predicted octanol–water partition coefficient (Wildman–Crippen LogP) is 3.20. The van der Waals surface area contributed by atoms with Crippen LogP contribution < -0.4 is 0 Å². The molecule has 3 nitrogen and oxygen atoms in total. The van der Waals surface area contributed by atoms with Crippen molar-refractivity contribution in [1.82, 2.24) is 4.31 Å². The highest BCUT2D eigenvalue weighted by Gasteiger charge is 2.30. The Morgan fingerprint density at radius 3 is 2.32 bits per heavy atom. The highest BCUT2D eigenvalue weighted by molar-refractivity contribution is 7.89. The molecule has 0 aliphatic carbocycles. The maximum atomic E-state index is 12.6. The molecule has 4 heteroatoms. The summed E-state index contributed by atoms with van der Waals surface area (Å²) in [5.41, 5.74) is 1.33. The van der Waals surface area contributed by atoms with Gasteiger partial charge in [0.25, 0.3) is 0 Å². The smallest absolute Gasteiger partial charge is 0.207 e. The molecule has 0 unspecified atom stereocenters. The topological polar surface area (TPSA) is 37.4 Å². The average Bonchev–Trinajstić information content (AvgIpc) is 2.51. The summed E-state index contributed by atoms with van der Waals surface area (Å²) in [7, 11) is -3.32. The fourth-order valence-corrected chi connectivity index (χ4v) is 3.98. The van der Waals surface area contributed by atoms with Gasteiger partial charge in [-0.2, -0.15) is 4.31 Å². The van der Waals surface area contributed by atoms with Crippen molar-refractivity contribution < 1.29 is 8.42 Å². The minimum Gasteiger partial charge on any atom is -0.207 e. The zero-order valence-corrected chi connectivity index (χ0v) is 12.8. The van der Waals surface area contributed by atoms with Gasteiger partial charge in [0.2, 0.25) is 10.0 Å². The first-order valence-corrected chi connectivity index (χ1v) is 8.32. The van der Waals surface area contributed by atoms with Crippen molar-refractivity contribution in [2.45, 2.75) is 44.9 Å². The largest absolute Gasteiger partial charge is 0.243 e. The molecule has 0 atom stereocenters. The van der Waals surface area contributed by atoms with Crippen molar-refractivity contribution in [1.29, 1.82) is 0 Å². The molecular formula is C15H23NO2S. The van der Waals surface area contributed by atoms with Crippen molar-refractivity contribution in [3.8, 4) is 0 Å². The van der Waals surface area contributed by atoms with E-state index in [2.05, 4.69) is 13.8 Å². The fourth-order valence-electron chi connectivity index (χ4n) is 2.50. The molecule has 0 N–H and O–H groups in total. The first-order valence-electron chi connectivity index (χ1n) is 6.88. The van der Waals surface area contributed by atoms with Gasteiger partial charge in [0, 0.05) is 13.1 Å². The molecule has 2 rings (SSSR count). The molecule has 0 radical (unpaired) electrons. The standard InChI is InChI=1S/C15H23NO2S/c1-13-5-7-14(8-6-13)19(17,18)16-11-4-9-15(2,3)10-12-16/h5-8H,4,9-12H2,1-3H3. The lowest BCUT2D eigenvalue weighted by atomic mass is 9.85. The van der Waals surface area contributed by atoms with Crippen LogP contribution in [0.4, 0.5) is 0 Å². The highest BCUT2D eigenvalue weighted by atomic mass is 32.2. The second-order valence-corrected chi connectivity index (χ2v) is 8.17. The number of hydrogen-bond donors (Lipinski definition) is 0. The summed E-state index contributed by atoms with van der Waals surface area (Å²) in [5, 5.41) is 0. The lowest BCUT2D eigenvalue weighted by Crippen LogP contribution is -2.32. The Morgan fingerprint density at radius 2 is 1.68 bits per heavy atom. The van der Waals surface area contributed by atoms with Crippen molar-refractivity contribution in [3.63, 3.8) is 0 Å². The number of nitrogens with zero attached hydrogens (tertiary/aromatic N) is 1. The normalized spacial score (nSPS) is 21.0. The second kappa shape index (κ2) is 5.25. The van der Waals surface area contributed by atoms with Crippen molar-refractivity contribution in [2.75, 3.05) is 13.1 Å². The van der Waals surface area contributed by atoms with Crippen molar-refractivity contribution in [2.24, 2.45) is 5.41 Å². The Balaban J connectivity index is 2.22. The van der Waals surface area contributed by atoms with E-state index in [1.54, 1.807) is 16.4 Å². The molecular weight excluding hydrogens is 258 g/mol. The molecule has 0 aromatic heterocycles. The van der Waals surface area contributed by atoms with Crippen molar-refractivity contribution >= 4 is 10.0 Å². The van der Waals surface area contributed by atoms with E-state index in [1.165, 1.54) is 0 Å². The summed E-state index contributed by atoms with van der Waals surface area (Å²) >= 11 is 0. The van der Waals surface area contributed by atoms with Gasteiger partial charge in [-0.25, -0.2) is 8.42 Å². The average molecular weight is 281 g/mol. The molecule has 1 heterocycles. The van der Waals surface area contributed by atoms with Gasteiger partial charge in [0.15, 0.2) is 0 Å². The van der Waals surface area contributed by atoms with Gasteiger partial charge in [-0.1, -0.05) is 31.5 Å². The van der Waals surface area contributed by atoms with Gasteiger partial charge in [-0.15, -0.1) is 0 Å². The number of aryl methyl sites for hydroxylation is 1. The van der Waals surface area contributed by atoms with Crippen LogP contribution in [0.1, 0.15) is 38.7 Å². The molecule has 1 saturated heterocycles. The van der Waals surface area contributed by atoms with Crippen LogP contribution in [0.2, 0.25) is 0 Å². The Labute approximate surface area is 116 Å². The van der Waals surface area contributed by atoms with E-state index < -0.39 is 10.0 Å². The van der Waals surface area contributed by atoms with E-state index in [0.29, 0.717) is 18.0 Å². The summed E-state index contributed by atoms with van der Waals surface area (Å²) < 4.78 is 26.8. The maximum absolute atomic E-state index is 12.6. The van der Waals surface area contributed by atoms with E-state index in [0.717, 1.165) is 24.8 Å². The molecule has 19 heavy (non-hydrogen) atoms. The summed E-state index contributed by atoms with van der Waals surface area (Å²) in [4.78, 5) is 0.415. The highest BCUT2D eigenvalue weighted by Crippen LogP contribution is 2.31. The molecule has 0 saturated carbocycles. The predicted molar refractivity (Wildman–Crippen MR) is 77.6 cm³/mol. The first kappa shape index (κ1) is 14.5. The number of rotatable bonds is 2. The Kier molecular flexibility index (Phi) is 4.02. The van der Waals surface area contributed by atoms with E-state index in [9.17, 15) is 8.42 Å². The molecule has 1 aromatic rings. The Bertz CT molecular complexity index is 532. The van der Waals surface area contributed by atoms with E-state index in [4.69, 9.17) is 0 Å². The van der Waals surface area contributed by atoms with E-state index >= 15 is 0 Å². The Morgan fingerprint density at radius 1 is 1.05 bits per heavy atom. The SMILES string of the molecule is Cc1ccc(S(=O)(=O)N2CCCC(C)(C)CC2)cc1. The van der Waals surface area contributed by atoms with E-state index in [-0.39, 0.29) is 5.41 Å². The van der Waals surface area contributed by atoms with Crippen LogP contribution in [-0.2, 0) is 10.0 Å². The van der Waals surface area contributed by atoms with Gasteiger partial charge in [0.05, 0.1) is 4.90 Å². The molecule has 1 fully saturated rings. The quantitative estimate of drug-likeness (QED) is 0.835. The summed E-state index contributed by atoms with van der Waals surface area (Å²) in [6, 6.07) is 7.13. The Hall–Kier alpha value is -0.870. The summed E-state index contributed by atoms with van der Waals surface area (Å²) in [6.07, 6.45) is 2.96. The van der Waals surface area contributed by atoms with E-state index in [1.807, 2.05) is 19.1 Å². The fraction of sp³-hybridized carbons (Fsp3) is 0.600. The minimum absolute atomic E-state index is 0.248. The molecule has 1 aromatic carbocycles. The van der Waals surface area contributed by atoms with Crippen LogP contribution in [0.3, 0.4) is 0 Å². The molecule has 0 amide bonds. The minimum atomic E-state index is -3.32. The zero-order valence-electron chi connectivity index (χ0n) is 12.0. The second-order valence-electron chi connectivity index (χ2n) is 6.23. The van der Waals surface area contributed by atoms with Gasteiger partial charge in [-0.3, -0.25) is 0 Å². The monoisotopic (exact) mass is 281 g/mol. The molecule has 106 valence electrons.